The molecule has 1 aromatic heterocycles. The van der Waals surface area contributed by atoms with Gasteiger partial charge in [-0.05, 0) is 44.5 Å². The third kappa shape index (κ3) is 3.54. The van der Waals surface area contributed by atoms with Crippen molar-refractivity contribution in [3.8, 4) is 5.69 Å². The average molecular weight is 319 g/mol. The van der Waals surface area contributed by atoms with Gasteiger partial charge < -0.3 is 5.32 Å². The number of aromatic nitrogens is 2. The largest absolute Gasteiger partial charge is 0.324 e. The van der Waals surface area contributed by atoms with Crippen molar-refractivity contribution in [2.24, 2.45) is 0 Å². The van der Waals surface area contributed by atoms with Crippen molar-refractivity contribution in [2.75, 3.05) is 5.32 Å². The number of carbonyl (C=O) groups excluding carboxylic acids is 1. The van der Waals surface area contributed by atoms with Crippen molar-refractivity contribution in [1.29, 1.82) is 0 Å². The smallest absolute Gasteiger partial charge is 0.228 e. The molecule has 3 aromatic rings. The van der Waals surface area contributed by atoms with Crippen molar-refractivity contribution in [1.82, 2.24) is 9.78 Å². The van der Waals surface area contributed by atoms with Gasteiger partial charge >= 0.3 is 0 Å². The van der Waals surface area contributed by atoms with Crippen LogP contribution < -0.4 is 5.32 Å². The van der Waals surface area contributed by atoms with Crippen LogP contribution in [0.4, 0.5) is 5.69 Å². The lowest BCUT2D eigenvalue weighted by Crippen LogP contribution is -2.16. The van der Waals surface area contributed by atoms with Crippen LogP contribution in [0, 0.1) is 20.8 Å². The van der Waals surface area contributed by atoms with E-state index in [1.807, 2.05) is 80.1 Å². The second-order valence-corrected chi connectivity index (χ2v) is 6.07. The maximum Gasteiger partial charge on any atom is 0.228 e. The Labute approximate surface area is 142 Å². The number of benzene rings is 2. The van der Waals surface area contributed by atoms with Crippen molar-refractivity contribution < 1.29 is 4.79 Å². The highest BCUT2D eigenvalue weighted by Crippen LogP contribution is 2.21. The molecule has 2 aromatic carbocycles. The Morgan fingerprint density at radius 3 is 2.42 bits per heavy atom. The molecule has 0 aliphatic carbocycles. The van der Waals surface area contributed by atoms with Crippen LogP contribution in [-0.2, 0) is 11.2 Å². The van der Waals surface area contributed by atoms with Gasteiger partial charge in [-0.1, -0.05) is 42.0 Å². The standard InChI is InChI=1S/C20H21N3O/c1-14-8-10-17(11-9-14)13-20(24)21-18-6-4-5-7-19(18)23-16(3)12-15(2)22-23/h4-12H,13H2,1-3H3,(H,21,24). The highest BCUT2D eigenvalue weighted by atomic mass is 16.1. The fourth-order valence-corrected chi connectivity index (χ4v) is 2.72. The highest BCUT2D eigenvalue weighted by molar-refractivity contribution is 5.94. The predicted molar refractivity (Wildman–Crippen MR) is 96.6 cm³/mol. The minimum absolute atomic E-state index is 0.0344. The molecule has 1 amide bonds. The Kier molecular flexibility index (Phi) is 4.47. The molecule has 122 valence electrons. The van der Waals surface area contributed by atoms with Crippen LogP contribution in [0.15, 0.2) is 54.6 Å². The van der Waals surface area contributed by atoms with Crippen molar-refractivity contribution in [3.05, 3.63) is 77.1 Å². The van der Waals surface area contributed by atoms with E-state index in [-0.39, 0.29) is 5.91 Å². The number of anilines is 1. The van der Waals surface area contributed by atoms with E-state index < -0.39 is 0 Å². The molecule has 0 unspecified atom stereocenters. The quantitative estimate of drug-likeness (QED) is 0.790. The van der Waals surface area contributed by atoms with Crippen LogP contribution in [-0.4, -0.2) is 15.7 Å². The first-order valence-corrected chi connectivity index (χ1v) is 8.01. The molecule has 0 aliphatic rings. The Morgan fingerprint density at radius 1 is 1.04 bits per heavy atom. The van der Waals surface area contributed by atoms with Crippen molar-refractivity contribution in [3.63, 3.8) is 0 Å². The summed E-state index contributed by atoms with van der Waals surface area (Å²) >= 11 is 0. The van der Waals surface area contributed by atoms with E-state index in [0.717, 1.165) is 28.3 Å². The van der Waals surface area contributed by atoms with E-state index in [0.29, 0.717) is 6.42 Å². The SMILES string of the molecule is Cc1ccc(CC(=O)Nc2ccccc2-n2nc(C)cc2C)cc1. The molecule has 0 saturated carbocycles. The summed E-state index contributed by atoms with van der Waals surface area (Å²) in [4.78, 5) is 12.4. The molecule has 0 saturated heterocycles. The van der Waals surface area contributed by atoms with E-state index in [4.69, 9.17) is 0 Å². The Morgan fingerprint density at radius 2 is 1.75 bits per heavy atom. The lowest BCUT2D eigenvalue weighted by molar-refractivity contribution is -0.115. The highest BCUT2D eigenvalue weighted by Gasteiger charge is 2.11. The predicted octanol–water partition coefficient (Wildman–Crippen LogP) is 3.98. The Hall–Kier alpha value is -2.88. The fourth-order valence-electron chi connectivity index (χ4n) is 2.72. The van der Waals surface area contributed by atoms with E-state index >= 15 is 0 Å². The van der Waals surface area contributed by atoms with Crippen molar-refractivity contribution in [2.45, 2.75) is 27.2 Å². The van der Waals surface area contributed by atoms with Crippen LogP contribution in [0.5, 0.6) is 0 Å². The molecule has 0 fully saturated rings. The molecule has 4 nitrogen and oxygen atoms in total. The van der Waals surface area contributed by atoms with Crippen LogP contribution in [0.1, 0.15) is 22.5 Å². The summed E-state index contributed by atoms with van der Waals surface area (Å²) in [6.07, 6.45) is 0.353. The monoisotopic (exact) mass is 319 g/mol. The molecule has 0 bridgehead atoms. The lowest BCUT2D eigenvalue weighted by Gasteiger charge is -2.12. The fraction of sp³-hybridized carbons (Fsp3) is 0.200. The summed E-state index contributed by atoms with van der Waals surface area (Å²) in [6, 6.07) is 17.8. The van der Waals surface area contributed by atoms with Crippen LogP contribution in [0.3, 0.4) is 0 Å². The third-order valence-corrected chi connectivity index (χ3v) is 3.90. The molecule has 0 atom stereocenters. The number of aryl methyl sites for hydroxylation is 3. The summed E-state index contributed by atoms with van der Waals surface area (Å²) in [5.41, 5.74) is 5.82. The molecule has 0 radical (unpaired) electrons. The van der Waals surface area contributed by atoms with Gasteiger partial charge in [-0.2, -0.15) is 5.10 Å². The normalized spacial score (nSPS) is 10.6. The zero-order valence-electron chi connectivity index (χ0n) is 14.2. The molecular weight excluding hydrogens is 298 g/mol. The molecule has 3 rings (SSSR count). The van der Waals surface area contributed by atoms with Gasteiger partial charge in [-0.25, -0.2) is 4.68 Å². The van der Waals surface area contributed by atoms with Crippen LogP contribution in [0.2, 0.25) is 0 Å². The van der Waals surface area contributed by atoms with Gasteiger partial charge in [0.15, 0.2) is 0 Å². The summed E-state index contributed by atoms with van der Waals surface area (Å²) in [7, 11) is 0. The molecule has 0 aliphatic heterocycles. The molecular formula is C20H21N3O. The van der Waals surface area contributed by atoms with Crippen LogP contribution >= 0.6 is 0 Å². The number of rotatable bonds is 4. The number of hydrogen-bond donors (Lipinski definition) is 1. The third-order valence-electron chi connectivity index (χ3n) is 3.90. The molecule has 4 heteroatoms. The maximum absolute atomic E-state index is 12.4. The van der Waals surface area contributed by atoms with Gasteiger partial charge in [-0.3, -0.25) is 4.79 Å². The van der Waals surface area contributed by atoms with E-state index in [9.17, 15) is 4.79 Å². The number of nitrogens with one attached hydrogen (secondary N) is 1. The van der Waals surface area contributed by atoms with Gasteiger partial charge in [0.05, 0.1) is 23.5 Å². The van der Waals surface area contributed by atoms with Gasteiger partial charge in [0.25, 0.3) is 0 Å². The number of para-hydroxylation sites is 2. The van der Waals surface area contributed by atoms with E-state index in [1.165, 1.54) is 5.56 Å². The molecule has 0 spiro atoms. The second-order valence-electron chi connectivity index (χ2n) is 6.07. The summed E-state index contributed by atoms with van der Waals surface area (Å²) in [6.45, 7) is 6.00. The van der Waals surface area contributed by atoms with Gasteiger partial charge in [0.2, 0.25) is 5.91 Å². The minimum atomic E-state index is -0.0344. The Bertz CT molecular complexity index is 863. The van der Waals surface area contributed by atoms with Gasteiger partial charge in [-0.15, -0.1) is 0 Å². The van der Waals surface area contributed by atoms with Gasteiger partial charge in [0.1, 0.15) is 0 Å². The number of hydrogen-bond acceptors (Lipinski definition) is 2. The second kappa shape index (κ2) is 6.71. The van der Waals surface area contributed by atoms with Crippen LogP contribution in [0.25, 0.3) is 5.69 Å². The minimum Gasteiger partial charge on any atom is -0.324 e. The Balaban J connectivity index is 1.81. The zero-order chi connectivity index (χ0) is 17.1. The molecule has 24 heavy (non-hydrogen) atoms. The molecule has 1 N–H and O–H groups in total. The summed E-state index contributed by atoms with van der Waals surface area (Å²) in [5, 5.41) is 7.52. The first-order valence-electron chi connectivity index (χ1n) is 8.01. The van der Waals surface area contributed by atoms with E-state index in [1.54, 1.807) is 0 Å². The number of nitrogens with zero attached hydrogens (tertiary/aromatic N) is 2. The van der Waals surface area contributed by atoms with E-state index in [2.05, 4.69) is 10.4 Å². The number of amides is 1. The van der Waals surface area contributed by atoms with Crippen molar-refractivity contribution >= 4 is 11.6 Å². The maximum atomic E-state index is 12.4. The first kappa shape index (κ1) is 16.0. The molecule has 1 heterocycles. The summed E-state index contributed by atoms with van der Waals surface area (Å²) in [5.74, 6) is -0.0344. The first-order chi connectivity index (χ1) is 11.5. The topological polar surface area (TPSA) is 46.9 Å². The lowest BCUT2D eigenvalue weighted by atomic mass is 10.1. The summed E-state index contributed by atoms with van der Waals surface area (Å²) < 4.78 is 1.86. The average Bonchev–Trinajstić information content (AvgIpc) is 2.88. The van der Waals surface area contributed by atoms with Gasteiger partial charge in [0, 0.05) is 5.69 Å². The zero-order valence-corrected chi connectivity index (χ0v) is 14.2. The number of carbonyl (C=O) groups is 1.